The summed E-state index contributed by atoms with van der Waals surface area (Å²) in [7, 11) is 0. The van der Waals surface area contributed by atoms with E-state index in [0.29, 0.717) is 13.0 Å². The fourth-order valence-corrected chi connectivity index (χ4v) is 2.24. The molecule has 1 rings (SSSR count). The maximum absolute atomic E-state index is 11.2. The van der Waals surface area contributed by atoms with Crippen molar-refractivity contribution < 1.29 is 9.59 Å². The van der Waals surface area contributed by atoms with Gasteiger partial charge in [-0.05, 0) is 31.9 Å². The highest BCUT2D eigenvalue weighted by Crippen LogP contribution is 2.16. The summed E-state index contributed by atoms with van der Waals surface area (Å²) < 4.78 is 0. The topological polar surface area (TPSA) is 46.2 Å². The first-order chi connectivity index (χ1) is 7.63. The molecule has 0 spiro atoms. The molecular formula is C12H17NO2S. The zero-order valence-electron chi connectivity index (χ0n) is 9.71. The summed E-state index contributed by atoms with van der Waals surface area (Å²) >= 11 is 1.51. The third-order valence-corrected chi connectivity index (χ3v) is 3.43. The summed E-state index contributed by atoms with van der Waals surface area (Å²) in [5.41, 5.74) is 0. The average molecular weight is 239 g/mol. The van der Waals surface area contributed by atoms with E-state index in [9.17, 15) is 9.59 Å². The Bertz CT molecular complexity index is 371. The van der Waals surface area contributed by atoms with Gasteiger partial charge in [-0.15, -0.1) is 11.3 Å². The van der Waals surface area contributed by atoms with Crippen LogP contribution in [-0.4, -0.2) is 18.2 Å². The fraction of sp³-hybridized carbons (Fsp3) is 0.500. The first-order valence-corrected chi connectivity index (χ1v) is 6.31. The number of thiophene rings is 1. The fourth-order valence-electron chi connectivity index (χ4n) is 1.34. The second-order valence-electron chi connectivity index (χ2n) is 3.67. The zero-order valence-corrected chi connectivity index (χ0v) is 10.5. The summed E-state index contributed by atoms with van der Waals surface area (Å²) in [6, 6.07) is 3.80. The highest BCUT2D eigenvalue weighted by atomic mass is 32.1. The smallest absolute Gasteiger partial charge is 0.219 e. The van der Waals surface area contributed by atoms with Crippen LogP contribution < -0.4 is 5.32 Å². The van der Waals surface area contributed by atoms with E-state index >= 15 is 0 Å². The number of hydrogen-bond acceptors (Lipinski definition) is 3. The second-order valence-corrected chi connectivity index (χ2v) is 4.84. The van der Waals surface area contributed by atoms with Gasteiger partial charge in [-0.2, -0.15) is 0 Å². The Morgan fingerprint density at radius 1 is 1.38 bits per heavy atom. The Balaban J connectivity index is 2.32. The van der Waals surface area contributed by atoms with Gasteiger partial charge >= 0.3 is 0 Å². The van der Waals surface area contributed by atoms with Gasteiger partial charge in [0.1, 0.15) is 0 Å². The molecule has 3 nitrogen and oxygen atoms in total. The van der Waals surface area contributed by atoms with Gasteiger partial charge < -0.3 is 5.32 Å². The molecule has 1 aromatic heterocycles. The van der Waals surface area contributed by atoms with Crippen LogP contribution in [0.1, 0.15) is 41.2 Å². The summed E-state index contributed by atoms with van der Waals surface area (Å²) in [5, 5.41) is 2.85. The number of rotatable bonds is 6. The molecular weight excluding hydrogens is 222 g/mol. The molecule has 0 saturated heterocycles. The van der Waals surface area contributed by atoms with Crippen molar-refractivity contribution in [3.05, 3.63) is 21.9 Å². The zero-order chi connectivity index (χ0) is 12.0. The summed E-state index contributed by atoms with van der Waals surface area (Å²) in [5.74, 6) is 0.206. The molecule has 0 unspecified atom stereocenters. The molecule has 0 fully saturated rings. The van der Waals surface area contributed by atoms with Crippen molar-refractivity contribution in [1.29, 1.82) is 0 Å². The number of nitrogens with one attached hydrogen (secondary N) is 1. The third kappa shape index (κ3) is 4.14. The average Bonchev–Trinajstić information content (AvgIpc) is 2.67. The third-order valence-electron chi connectivity index (χ3n) is 2.18. The van der Waals surface area contributed by atoms with Crippen LogP contribution in [0, 0.1) is 0 Å². The second kappa shape index (κ2) is 6.43. The van der Waals surface area contributed by atoms with Gasteiger partial charge in [0, 0.05) is 17.8 Å². The molecule has 0 bridgehead atoms. The van der Waals surface area contributed by atoms with Gasteiger partial charge in [0.25, 0.3) is 0 Å². The summed E-state index contributed by atoms with van der Waals surface area (Å²) in [6.45, 7) is 4.20. The standard InChI is InChI=1S/C12H17NO2S/c1-3-4-12(15)13-8-7-10-5-6-11(16-10)9(2)14/h5-6H,3-4,7-8H2,1-2H3,(H,13,15). The molecule has 1 aromatic rings. The SMILES string of the molecule is CCCC(=O)NCCc1ccc(C(C)=O)s1. The van der Waals surface area contributed by atoms with Crippen LogP contribution in [0.3, 0.4) is 0 Å². The molecule has 16 heavy (non-hydrogen) atoms. The lowest BCUT2D eigenvalue weighted by Gasteiger charge is -2.02. The first-order valence-electron chi connectivity index (χ1n) is 5.49. The van der Waals surface area contributed by atoms with Crippen molar-refractivity contribution in [3.8, 4) is 0 Å². The maximum Gasteiger partial charge on any atom is 0.219 e. The van der Waals surface area contributed by atoms with Crippen LogP contribution in [0.4, 0.5) is 0 Å². The van der Waals surface area contributed by atoms with E-state index in [1.54, 1.807) is 6.92 Å². The highest BCUT2D eigenvalue weighted by Gasteiger charge is 2.04. The minimum atomic E-state index is 0.103. The van der Waals surface area contributed by atoms with Crippen LogP contribution in [0.15, 0.2) is 12.1 Å². The molecule has 0 saturated carbocycles. The minimum Gasteiger partial charge on any atom is -0.356 e. The van der Waals surface area contributed by atoms with E-state index in [1.807, 2.05) is 19.1 Å². The van der Waals surface area contributed by atoms with Crippen molar-refractivity contribution in [2.75, 3.05) is 6.54 Å². The number of carbonyl (C=O) groups is 2. The Hall–Kier alpha value is -1.16. The summed E-state index contributed by atoms with van der Waals surface area (Å²) in [4.78, 5) is 24.2. The van der Waals surface area contributed by atoms with Gasteiger partial charge in [0.15, 0.2) is 5.78 Å². The largest absolute Gasteiger partial charge is 0.356 e. The van der Waals surface area contributed by atoms with E-state index < -0.39 is 0 Å². The quantitative estimate of drug-likeness (QED) is 0.775. The van der Waals surface area contributed by atoms with E-state index in [1.165, 1.54) is 11.3 Å². The van der Waals surface area contributed by atoms with E-state index in [2.05, 4.69) is 5.32 Å². The molecule has 1 N–H and O–H groups in total. The molecule has 0 aromatic carbocycles. The van der Waals surface area contributed by atoms with Gasteiger partial charge in [0.2, 0.25) is 5.91 Å². The lowest BCUT2D eigenvalue weighted by molar-refractivity contribution is -0.121. The molecule has 0 radical (unpaired) electrons. The lowest BCUT2D eigenvalue weighted by Crippen LogP contribution is -2.24. The van der Waals surface area contributed by atoms with Crippen LogP contribution in [0.5, 0.6) is 0 Å². The van der Waals surface area contributed by atoms with E-state index in [-0.39, 0.29) is 11.7 Å². The minimum absolute atomic E-state index is 0.103. The van der Waals surface area contributed by atoms with E-state index in [0.717, 1.165) is 22.6 Å². The van der Waals surface area contributed by atoms with E-state index in [4.69, 9.17) is 0 Å². The molecule has 4 heteroatoms. The predicted octanol–water partition coefficient (Wildman–Crippen LogP) is 2.41. The Morgan fingerprint density at radius 2 is 2.12 bits per heavy atom. The maximum atomic E-state index is 11.2. The molecule has 0 aliphatic rings. The number of Topliss-reactive ketones (excluding diaryl/α,β-unsaturated/α-hetero) is 1. The number of hydrogen-bond donors (Lipinski definition) is 1. The molecule has 1 amide bonds. The van der Waals surface area contributed by atoms with Gasteiger partial charge in [-0.3, -0.25) is 9.59 Å². The van der Waals surface area contributed by atoms with Crippen LogP contribution >= 0.6 is 11.3 Å². The van der Waals surface area contributed by atoms with Gasteiger partial charge in [-0.1, -0.05) is 6.92 Å². The normalized spacial score (nSPS) is 10.1. The molecule has 0 aliphatic carbocycles. The monoisotopic (exact) mass is 239 g/mol. The van der Waals surface area contributed by atoms with Crippen LogP contribution in [-0.2, 0) is 11.2 Å². The van der Waals surface area contributed by atoms with Crippen LogP contribution in [0.2, 0.25) is 0 Å². The highest BCUT2D eigenvalue weighted by molar-refractivity contribution is 7.14. The summed E-state index contributed by atoms with van der Waals surface area (Å²) in [6.07, 6.45) is 2.26. The molecule has 0 aliphatic heterocycles. The van der Waals surface area contributed by atoms with Gasteiger partial charge in [-0.25, -0.2) is 0 Å². The molecule has 88 valence electrons. The van der Waals surface area contributed by atoms with Crippen molar-refractivity contribution in [2.45, 2.75) is 33.1 Å². The number of amides is 1. The first kappa shape index (κ1) is 12.9. The number of ketones is 1. The van der Waals surface area contributed by atoms with Gasteiger partial charge in [0.05, 0.1) is 4.88 Å². The number of carbonyl (C=O) groups excluding carboxylic acids is 2. The lowest BCUT2D eigenvalue weighted by atomic mass is 10.3. The van der Waals surface area contributed by atoms with Crippen molar-refractivity contribution in [1.82, 2.24) is 5.32 Å². The Morgan fingerprint density at radius 3 is 2.69 bits per heavy atom. The van der Waals surface area contributed by atoms with Crippen LogP contribution in [0.25, 0.3) is 0 Å². The van der Waals surface area contributed by atoms with Crippen molar-refractivity contribution in [3.63, 3.8) is 0 Å². The predicted molar refractivity (Wildman–Crippen MR) is 65.9 cm³/mol. The molecule has 0 atom stereocenters. The van der Waals surface area contributed by atoms with Crippen molar-refractivity contribution in [2.24, 2.45) is 0 Å². The molecule has 1 heterocycles. The Labute approximate surface area is 99.9 Å². The van der Waals surface area contributed by atoms with Crippen molar-refractivity contribution >= 4 is 23.0 Å². The Kier molecular flexibility index (Phi) is 5.19.